The van der Waals surface area contributed by atoms with E-state index in [0.717, 1.165) is 44.5 Å². The van der Waals surface area contributed by atoms with Crippen LogP contribution in [-0.4, -0.2) is 13.0 Å². The quantitative estimate of drug-likeness (QED) is 0.282. The van der Waals surface area contributed by atoms with E-state index in [9.17, 15) is 4.79 Å². The summed E-state index contributed by atoms with van der Waals surface area (Å²) in [5, 5.41) is 6.30. The highest BCUT2D eigenvalue weighted by molar-refractivity contribution is 6.06. The first kappa shape index (κ1) is 21.5. The molecule has 4 nitrogen and oxygen atoms in total. The normalized spacial score (nSPS) is 11.7. The zero-order chi connectivity index (χ0) is 23.7. The molecule has 168 valence electrons. The zero-order valence-corrected chi connectivity index (χ0v) is 19.4. The molecule has 1 aromatic heterocycles. The van der Waals surface area contributed by atoms with Crippen LogP contribution >= 0.6 is 0 Å². The molecule has 4 aromatic carbocycles. The van der Waals surface area contributed by atoms with Gasteiger partial charge in [0.25, 0.3) is 0 Å². The smallest absolute Gasteiger partial charge is 0.248 e. The van der Waals surface area contributed by atoms with Crippen molar-refractivity contribution >= 4 is 38.9 Å². The Balaban J connectivity index is 1.54. The van der Waals surface area contributed by atoms with Crippen LogP contribution in [0.1, 0.15) is 18.1 Å². The van der Waals surface area contributed by atoms with Crippen molar-refractivity contribution < 1.29 is 13.9 Å². The fourth-order valence-corrected chi connectivity index (χ4v) is 4.27. The fraction of sp³-hybridized carbons (Fsp3) is 0.100. The molecule has 1 N–H and O–H groups in total. The van der Waals surface area contributed by atoms with Crippen LogP contribution in [0.5, 0.6) is 5.75 Å². The maximum absolute atomic E-state index is 12.7. The number of furan rings is 1. The topological polar surface area (TPSA) is 51.5 Å². The zero-order valence-electron chi connectivity index (χ0n) is 19.4. The first-order valence-electron chi connectivity index (χ1n) is 11.2. The van der Waals surface area contributed by atoms with Gasteiger partial charge in [0.05, 0.1) is 13.4 Å². The first-order chi connectivity index (χ1) is 16.5. The second-order valence-corrected chi connectivity index (χ2v) is 8.39. The molecule has 0 saturated heterocycles. The van der Waals surface area contributed by atoms with Gasteiger partial charge in [-0.3, -0.25) is 4.79 Å². The summed E-state index contributed by atoms with van der Waals surface area (Å²) in [5.74, 6) is 0.472. The van der Waals surface area contributed by atoms with Crippen molar-refractivity contribution in [3.63, 3.8) is 0 Å². The highest BCUT2D eigenvalue weighted by Crippen LogP contribution is 2.38. The average molecular weight is 448 g/mol. The summed E-state index contributed by atoms with van der Waals surface area (Å²) in [6.07, 6.45) is 3.38. The van der Waals surface area contributed by atoms with Gasteiger partial charge in [-0.1, -0.05) is 54.6 Å². The van der Waals surface area contributed by atoms with Crippen molar-refractivity contribution in [3.8, 4) is 16.9 Å². The van der Waals surface area contributed by atoms with Crippen molar-refractivity contribution in [3.05, 3.63) is 102 Å². The van der Waals surface area contributed by atoms with Gasteiger partial charge < -0.3 is 14.5 Å². The van der Waals surface area contributed by atoms with Crippen LogP contribution in [0.15, 0.2) is 95.6 Å². The van der Waals surface area contributed by atoms with Crippen LogP contribution in [0.3, 0.4) is 0 Å². The minimum Gasteiger partial charge on any atom is -0.496 e. The van der Waals surface area contributed by atoms with Gasteiger partial charge in [0, 0.05) is 34.3 Å². The summed E-state index contributed by atoms with van der Waals surface area (Å²) < 4.78 is 11.5. The molecule has 5 rings (SSSR count). The third kappa shape index (κ3) is 4.06. The van der Waals surface area contributed by atoms with Gasteiger partial charge in [-0.05, 0) is 59.5 Å². The van der Waals surface area contributed by atoms with E-state index in [1.165, 1.54) is 10.8 Å². The number of hydrogen-bond acceptors (Lipinski definition) is 3. The first-order valence-corrected chi connectivity index (χ1v) is 11.2. The molecule has 0 atom stereocenters. The molecule has 4 heteroatoms. The molecule has 1 heterocycles. The lowest BCUT2D eigenvalue weighted by Crippen LogP contribution is -2.09. The fourth-order valence-electron chi connectivity index (χ4n) is 4.27. The van der Waals surface area contributed by atoms with Crippen LogP contribution < -0.4 is 10.1 Å². The van der Waals surface area contributed by atoms with Crippen LogP contribution in [0.4, 0.5) is 5.69 Å². The maximum Gasteiger partial charge on any atom is 0.248 e. The Morgan fingerprint density at radius 3 is 2.50 bits per heavy atom. The highest BCUT2D eigenvalue weighted by atomic mass is 16.5. The molecule has 5 aromatic rings. The molecular weight excluding hydrogens is 422 g/mol. The number of fused-ring (bicyclic) bond motifs is 2. The molecule has 0 spiro atoms. The summed E-state index contributed by atoms with van der Waals surface area (Å²) in [7, 11) is 1.62. The number of aryl methyl sites for hydroxylation is 1. The Kier molecular flexibility index (Phi) is 5.64. The second-order valence-electron chi connectivity index (χ2n) is 8.39. The average Bonchev–Trinajstić information content (AvgIpc) is 3.27. The van der Waals surface area contributed by atoms with Crippen molar-refractivity contribution in [1.29, 1.82) is 0 Å². The molecule has 0 aliphatic heterocycles. The lowest BCUT2D eigenvalue weighted by molar-refractivity contribution is -0.111. The van der Waals surface area contributed by atoms with Crippen molar-refractivity contribution in [2.24, 2.45) is 0 Å². The van der Waals surface area contributed by atoms with Crippen LogP contribution in [0, 0.1) is 6.92 Å². The number of hydrogen-bond donors (Lipinski definition) is 1. The van der Waals surface area contributed by atoms with Crippen molar-refractivity contribution in [2.45, 2.75) is 13.8 Å². The standard InChI is InChI=1S/C30H25NO3/c1-19-8-4-7-11-27(19)31-30(32)14-20(2)24-16-25-26(18-34-29(25)17-28(24)33-3)23-13-12-21-9-5-6-10-22(21)15-23/h4-18H,1-3H3,(H,31,32)/b20-14+. The Labute approximate surface area is 198 Å². The Hall–Kier alpha value is -4.31. The Morgan fingerprint density at radius 2 is 1.71 bits per heavy atom. The second kappa shape index (κ2) is 8.91. The van der Waals surface area contributed by atoms with Gasteiger partial charge in [-0.15, -0.1) is 0 Å². The van der Waals surface area contributed by atoms with Gasteiger partial charge in [0.1, 0.15) is 11.3 Å². The van der Waals surface area contributed by atoms with Gasteiger partial charge in [-0.25, -0.2) is 0 Å². The monoisotopic (exact) mass is 447 g/mol. The predicted molar refractivity (Wildman–Crippen MR) is 139 cm³/mol. The number of para-hydroxylation sites is 1. The molecule has 0 aliphatic carbocycles. The molecule has 34 heavy (non-hydrogen) atoms. The number of rotatable bonds is 5. The van der Waals surface area contributed by atoms with E-state index >= 15 is 0 Å². The van der Waals surface area contributed by atoms with E-state index in [1.54, 1.807) is 19.4 Å². The molecule has 0 bridgehead atoms. The number of methoxy groups -OCH3 is 1. The molecule has 0 radical (unpaired) electrons. The number of benzene rings is 4. The summed E-state index contributed by atoms with van der Waals surface area (Å²) in [4.78, 5) is 12.7. The minimum atomic E-state index is -0.184. The van der Waals surface area contributed by atoms with E-state index in [-0.39, 0.29) is 5.91 Å². The SMILES string of the molecule is COc1cc2occ(-c3ccc4ccccc4c3)c2cc1/C(C)=C/C(=O)Nc1ccccc1C. The molecular formula is C30H25NO3. The van der Waals surface area contributed by atoms with Gasteiger partial charge in [0.15, 0.2) is 0 Å². The van der Waals surface area contributed by atoms with Crippen LogP contribution in [0.2, 0.25) is 0 Å². The van der Waals surface area contributed by atoms with Gasteiger partial charge >= 0.3 is 0 Å². The molecule has 1 amide bonds. The summed E-state index contributed by atoms with van der Waals surface area (Å²) >= 11 is 0. The van der Waals surface area contributed by atoms with Gasteiger partial charge in [-0.2, -0.15) is 0 Å². The molecule has 0 unspecified atom stereocenters. The lowest BCUT2D eigenvalue weighted by atomic mass is 9.97. The number of allylic oxidation sites excluding steroid dienone is 1. The minimum absolute atomic E-state index is 0.184. The van der Waals surface area contributed by atoms with E-state index < -0.39 is 0 Å². The molecule has 0 saturated carbocycles. The number of anilines is 1. The lowest BCUT2D eigenvalue weighted by Gasteiger charge is -2.11. The maximum atomic E-state index is 12.7. The Bertz CT molecular complexity index is 1560. The summed E-state index contributed by atoms with van der Waals surface area (Å²) in [6, 6.07) is 26.3. The summed E-state index contributed by atoms with van der Waals surface area (Å²) in [5.41, 5.74) is 6.27. The van der Waals surface area contributed by atoms with E-state index in [2.05, 4.69) is 35.6 Å². The molecule has 0 aliphatic rings. The van der Waals surface area contributed by atoms with E-state index in [1.807, 2.05) is 62.4 Å². The predicted octanol–water partition coefficient (Wildman–Crippen LogP) is 7.61. The number of nitrogens with one attached hydrogen (secondary N) is 1. The van der Waals surface area contributed by atoms with Crippen molar-refractivity contribution in [1.82, 2.24) is 0 Å². The summed E-state index contributed by atoms with van der Waals surface area (Å²) in [6.45, 7) is 3.88. The number of amides is 1. The third-order valence-corrected chi connectivity index (χ3v) is 6.13. The number of ether oxygens (including phenoxy) is 1. The van der Waals surface area contributed by atoms with E-state index in [0.29, 0.717) is 5.75 Å². The largest absolute Gasteiger partial charge is 0.496 e. The van der Waals surface area contributed by atoms with Crippen LogP contribution in [-0.2, 0) is 4.79 Å². The number of carbonyl (C=O) groups is 1. The van der Waals surface area contributed by atoms with Gasteiger partial charge in [0.2, 0.25) is 5.91 Å². The Morgan fingerprint density at radius 1 is 0.941 bits per heavy atom. The number of carbonyl (C=O) groups excluding carboxylic acids is 1. The molecule has 0 fully saturated rings. The van der Waals surface area contributed by atoms with Crippen molar-refractivity contribution in [2.75, 3.05) is 12.4 Å². The van der Waals surface area contributed by atoms with Crippen LogP contribution in [0.25, 0.3) is 38.4 Å². The van der Waals surface area contributed by atoms with E-state index in [4.69, 9.17) is 9.15 Å². The third-order valence-electron chi connectivity index (χ3n) is 6.13. The highest BCUT2D eigenvalue weighted by Gasteiger charge is 2.15.